The molecule has 0 unspecified atom stereocenters. The zero-order chi connectivity index (χ0) is 28.5. The molecule has 0 fully saturated rings. The smallest absolute Gasteiger partial charge is 0.309 e. The number of aromatic nitrogens is 2. The van der Waals surface area contributed by atoms with E-state index in [9.17, 15) is 14.0 Å². The minimum absolute atomic E-state index is 0.0572. The summed E-state index contributed by atoms with van der Waals surface area (Å²) < 4.78 is 32.6. The van der Waals surface area contributed by atoms with E-state index in [4.69, 9.17) is 19.3 Å². The van der Waals surface area contributed by atoms with E-state index < -0.39 is 17.7 Å². The van der Waals surface area contributed by atoms with Gasteiger partial charge >= 0.3 is 5.97 Å². The molecule has 0 atom stereocenters. The van der Waals surface area contributed by atoms with Crippen LogP contribution in [0.15, 0.2) is 91.0 Å². The number of fused-ring (bicyclic) bond motifs is 1. The minimum atomic E-state index is -0.607. The van der Waals surface area contributed by atoms with Gasteiger partial charge in [0.05, 0.1) is 16.8 Å². The Labute approximate surface area is 234 Å². The Morgan fingerprint density at radius 1 is 0.902 bits per heavy atom. The van der Waals surface area contributed by atoms with Crippen LogP contribution in [0.2, 0.25) is 0 Å². The molecule has 5 aromatic rings. The van der Waals surface area contributed by atoms with Crippen LogP contribution in [0.3, 0.4) is 0 Å². The van der Waals surface area contributed by atoms with Crippen molar-refractivity contribution in [3.05, 3.63) is 108 Å². The van der Waals surface area contributed by atoms with Crippen LogP contribution in [0.1, 0.15) is 22.8 Å². The first-order chi connectivity index (χ1) is 19.9. The summed E-state index contributed by atoms with van der Waals surface area (Å²) in [5, 5.41) is 7.62. The summed E-state index contributed by atoms with van der Waals surface area (Å²) in [5.74, 6) is -0.235. The highest BCUT2D eigenvalue weighted by Crippen LogP contribution is 2.44. The van der Waals surface area contributed by atoms with Crippen molar-refractivity contribution in [1.82, 2.24) is 9.78 Å². The van der Waals surface area contributed by atoms with Gasteiger partial charge in [-0.1, -0.05) is 36.4 Å². The molecular formula is C32H24FN3O5. The first-order valence-electron chi connectivity index (χ1n) is 12.8. The third kappa shape index (κ3) is 5.12. The van der Waals surface area contributed by atoms with Crippen LogP contribution in [0.4, 0.5) is 10.1 Å². The summed E-state index contributed by atoms with van der Waals surface area (Å²) in [6, 6.07) is 25.9. The Kier molecular flexibility index (Phi) is 6.68. The largest absolute Gasteiger partial charge is 0.454 e. The highest BCUT2D eigenvalue weighted by Gasteiger charge is 2.26. The maximum atomic E-state index is 14.1. The van der Waals surface area contributed by atoms with Crippen molar-refractivity contribution >= 4 is 17.6 Å². The van der Waals surface area contributed by atoms with Crippen LogP contribution in [-0.2, 0) is 4.79 Å². The summed E-state index contributed by atoms with van der Waals surface area (Å²) in [6.45, 7) is 3.42. The molecule has 1 amide bonds. The molecule has 1 aliphatic rings. The zero-order valence-electron chi connectivity index (χ0n) is 22.2. The van der Waals surface area contributed by atoms with Gasteiger partial charge in [0.2, 0.25) is 12.7 Å². The molecule has 1 N–H and O–H groups in total. The lowest BCUT2D eigenvalue weighted by molar-refractivity contribution is -0.132. The van der Waals surface area contributed by atoms with Gasteiger partial charge in [-0.25, -0.2) is 4.39 Å². The molecule has 0 bridgehead atoms. The maximum Gasteiger partial charge on any atom is 0.309 e. The number of hydrogen-bond donors (Lipinski definition) is 1. The summed E-state index contributed by atoms with van der Waals surface area (Å²) in [7, 11) is 0. The Morgan fingerprint density at radius 2 is 1.66 bits per heavy atom. The van der Waals surface area contributed by atoms with E-state index in [0.29, 0.717) is 39.7 Å². The van der Waals surface area contributed by atoms with E-state index in [-0.39, 0.29) is 18.2 Å². The predicted molar refractivity (Wildman–Crippen MR) is 151 cm³/mol. The summed E-state index contributed by atoms with van der Waals surface area (Å²) in [6.07, 6.45) is 0. The molecule has 0 saturated carbocycles. The molecule has 0 radical (unpaired) electrons. The number of esters is 1. The number of ether oxygens (including phenoxy) is 3. The number of benzene rings is 4. The SMILES string of the molecule is CC(=O)Oc1c(-c2ccc(NC(=O)c3ccccc3F)cc2)c(-c2ccc3c(c2)OCO3)nn1-c1cccc(C)c1. The van der Waals surface area contributed by atoms with Gasteiger partial charge in [-0.05, 0) is 72.6 Å². The van der Waals surface area contributed by atoms with E-state index >= 15 is 0 Å². The Bertz CT molecular complexity index is 1800. The number of carbonyl (C=O) groups is 2. The minimum Gasteiger partial charge on any atom is -0.454 e. The van der Waals surface area contributed by atoms with Crippen molar-refractivity contribution in [3.8, 4) is 45.5 Å². The van der Waals surface area contributed by atoms with Gasteiger partial charge in [0, 0.05) is 18.2 Å². The number of halogens is 1. The molecule has 0 saturated heterocycles. The van der Waals surface area contributed by atoms with E-state index in [1.807, 2.05) is 43.3 Å². The van der Waals surface area contributed by atoms with E-state index in [0.717, 1.165) is 11.1 Å². The predicted octanol–water partition coefficient (Wildman–Crippen LogP) is 6.56. The summed E-state index contributed by atoms with van der Waals surface area (Å²) in [4.78, 5) is 24.9. The summed E-state index contributed by atoms with van der Waals surface area (Å²) >= 11 is 0. The molecule has 1 aromatic heterocycles. The lowest BCUT2D eigenvalue weighted by atomic mass is 10.0. The van der Waals surface area contributed by atoms with Crippen molar-refractivity contribution in [2.45, 2.75) is 13.8 Å². The van der Waals surface area contributed by atoms with Crippen molar-refractivity contribution in [1.29, 1.82) is 0 Å². The van der Waals surface area contributed by atoms with Crippen LogP contribution >= 0.6 is 0 Å². The van der Waals surface area contributed by atoms with Gasteiger partial charge in [0.15, 0.2) is 11.5 Å². The average molecular weight is 550 g/mol. The lowest BCUT2D eigenvalue weighted by Crippen LogP contribution is -2.13. The molecular weight excluding hydrogens is 525 g/mol. The highest BCUT2D eigenvalue weighted by molar-refractivity contribution is 6.04. The number of amides is 1. The Balaban J connectivity index is 1.47. The first-order valence-corrected chi connectivity index (χ1v) is 12.8. The average Bonchev–Trinajstić information content (AvgIpc) is 3.58. The number of nitrogens with one attached hydrogen (secondary N) is 1. The fourth-order valence-corrected chi connectivity index (χ4v) is 4.64. The number of nitrogens with zero attached hydrogens (tertiary/aromatic N) is 2. The third-order valence-electron chi connectivity index (χ3n) is 6.53. The van der Waals surface area contributed by atoms with Crippen LogP contribution < -0.4 is 19.5 Å². The quantitative estimate of drug-likeness (QED) is 0.241. The Hall–Kier alpha value is -5.44. The van der Waals surface area contributed by atoms with E-state index in [1.54, 1.807) is 41.1 Å². The van der Waals surface area contributed by atoms with Gasteiger partial charge in [-0.3, -0.25) is 9.59 Å². The molecule has 8 nitrogen and oxygen atoms in total. The topological polar surface area (TPSA) is 91.7 Å². The van der Waals surface area contributed by atoms with E-state index in [2.05, 4.69) is 5.32 Å². The molecule has 4 aromatic carbocycles. The number of aryl methyl sites for hydroxylation is 1. The number of hydrogen-bond acceptors (Lipinski definition) is 6. The van der Waals surface area contributed by atoms with Gasteiger partial charge in [0.25, 0.3) is 5.91 Å². The molecule has 204 valence electrons. The second kappa shape index (κ2) is 10.6. The molecule has 2 heterocycles. The number of anilines is 1. The molecule has 0 spiro atoms. The van der Waals surface area contributed by atoms with Gasteiger partial charge in [-0.15, -0.1) is 0 Å². The number of carbonyl (C=O) groups excluding carboxylic acids is 2. The second-order valence-corrected chi connectivity index (χ2v) is 9.45. The van der Waals surface area contributed by atoms with Crippen LogP contribution in [0, 0.1) is 12.7 Å². The normalized spacial score (nSPS) is 11.8. The van der Waals surface area contributed by atoms with E-state index in [1.165, 1.54) is 25.1 Å². The van der Waals surface area contributed by atoms with Crippen molar-refractivity contribution in [3.63, 3.8) is 0 Å². The van der Waals surface area contributed by atoms with Crippen molar-refractivity contribution in [2.75, 3.05) is 12.1 Å². The highest BCUT2D eigenvalue weighted by atomic mass is 19.1. The van der Waals surface area contributed by atoms with Crippen LogP contribution in [0.25, 0.3) is 28.1 Å². The van der Waals surface area contributed by atoms with Crippen molar-refractivity contribution in [2.24, 2.45) is 0 Å². The standard InChI is InChI=1S/C32H24FN3O5/c1-19-6-5-7-24(16-19)36-32(41-20(2)37)29(30(35-36)22-12-15-27-28(17-22)40-18-39-27)21-10-13-23(14-11-21)34-31(38)25-8-3-4-9-26(25)33/h3-17H,18H2,1-2H3,(H,34,38). The fourth-order valence-electron chi connectivity index (χ4n) is 4.64. The second-order valence-electron chi connectivity index (χ2n) is 9.45. The monoisotopic (exact) mass is 549 g/mol. The first kappa shape index (κ1) is 25.8. The lowest BCUT2D eigenvalue weighted by Gasteiger charge is -2.11. The summed E-state index contributed by atoms with van der Waals surface area (Å²) in [5.41, 5.74) is 4.63. The molecule has 6 rings (SSSR count). The van der Waals surface area contributed by atoms with Crippen molar-refractivity contribution < 1.29 is 28.2 Å². The van der Waals surface area contributed by atoms with Gasteiger partial charge in [-0.2, -0.15) is 9.78 Å². The molecule has 41 heavy (non-hydrogen) atoms. The number of rotatable bonds is 6. The molecule has 0 aliphatic carbocycles. The zero-order valence-corrected chi connectivity index (χ0v) is 22.2. The third-order valence-corrected chi connectivity index (χ3v) is 6.53. The fraction of sp³-hybridized carbons (Fsp3) is 0.0938. The molecule has 1 aliphatic heterocycles. The Morgan fingerprint density at radius 3 is 2.41 bits per heavy atom. The van der Waals surface area contributed by atoms with Gasteiger partial charge < -0.3 is 19.5 Å². The maximum absolute atomic E-state index is 14.1. The molecule has 9 heteroatoms. The van der Waals surface area contributed by atoms with Gasteiger partial charge in [0.1, 0.15) is 11.5 Å². The van der Waals surface area contributed by atoms with Crippen LogP contribution in [0.5, 0.6) is 17.4 Å². The van der Waals surface area contributed by atoms with Crippen LogP contribution in [-0.4, -0.2) is 28.4 Å².